The average Bonchev–Trinajstić information content (AvgIpc) is 2.43. The van der Waals surface area contributed by atoms with Crippen molar-refractivity contribution >= 4 is 17.8 Å². The normalized spacial score (nSPS) is 10.5. The summed E-state index contributed by atoms with van der Waals surface area (Å²) in [5.74, 6) is -0.872. The zero-order valence-electron chi connectivity index (χ0n) is 12.6. The molecule has 0 aliphatic heterocycles. The van der Waals surface area contributed by atoms with Crippen LogP contribution in [0.15, 0.2) is 18.5 Å². The number of carboxylic acid groups (broad SMARTS) is 1. The van der Waals surface area contributed by atoms with Gasteiger partial charge in [0.2, 0.25) is 11.9 Å². The van der Waals surface area contributed by atoms with E-state index < -0.39 is 5.97 Å². The van der Waals surface area contributed by atoms with Crippen LogP contribution in [0, 0.1) is 0 Å². The molecular formula is C13H21N5O3. The van der Waals surface area contributed by atoms with Gasteiger partial charge in [0, 0.05) is 32.5 Å². The van der Waals surface area contributed by atoms with E-state index in [1.165, 1.54) is 4.90 Å². The summed E-state index contributed by atoms with van der Waals surface area (Å²) in [6, 6.07) is 1.69. The summed E-state index contributed by atoms with van der Waals surface area (Å²) in [6.07, 6.45) is 3.18. The Morgan fingerprint density at radius 3 is 2.24 bits per heavy atom. The predicted octanol–water partition coefficient (Wildman–Crippen LogP) is -0.612. The van der Waals surface area contributed by atoms with Gasteiger partial charge in [0.05, 0.1) is 6.54 Å². The number of likely N-dealkylation sites (N-methyl/N-ethyl adjacent to an activating group) is 2. The molecule has 1 aromatic heterocycles. The van der Waals surface area contributed by atoms with E-state index >= 15 is 0 Å². The fraction of sp³-hybridized carbons (Fsp3) is 0.538. The van der Waals surface area contributed by atoms with Gasteiger partial charge in [-0.25, -0.2) is 9.97 Å². The van der Waals surface area contributed by atoms with Gasteiger partial charge in [0.15, 0.2) is 0 Å². The fourth-order valence-electron chi connectivity index (χ4n) is 1.64. The Morgan fingerprint density at radius 2 is 1.71 bits per heavy atom. The van der Waals surface area contributed by atoms with Gasteiger partial charge in [-0.05, 0) is 20.2 Å². The Hall–Kier alpha value is -2.22. The smallest absolute Gasteiger partial charge is 0.323 e. The molecule has 0 saturated carbocycles. The summed E-state index contributed by atoms with van der Waals surface area (Å²) in [5.41, 5.74) is 0. The average molecular weight is 295 g/mol. The lowest BCUT2D eigenvalue weighted by Crippen LogP contribution is -2.44. The minimum atomic E-state index is -1.03. The quantitative estimate of drug-likeness (QED) is 0.684. The molecule has 1 amide bonds. The van der Waals surface area contributed by atoms with Crippen molar-refractivity contribution in [3.8, 4) is 0 Å². The van der Waals surface area contributed by atoms with Crippen LogP contribution in [0.3, 0.4) is 0 Å². The molecule has 1 heterocycles. The highest BCUT2D eigenvalue weighted by Crippen LogP contribution is 2.03. The summed E-state index contributed by atoms with van der Waals surface area (Å²) in [7, 11) is 5.43. The van der Waals surface area contributed by atoms with Crippen molar-refractivity contribution in [2.45, 2.75) is 0 Å². The molecule has 0 fully saturated rings. The second kappa shape index (κ2) is 8.15. The number of amides is 1. The lowest BCUT2D eigenvalue weighted by Gasteiger charge is -2.25. The standard InChI is InChI=1S/C13H21N5O3/c1-16(2)7-8-18(10-12(20)21)11(19)9-17(3)13-14-5-4-6-15-13/h4-6H,7-10H2,1-3H3,(H,20,21). The van der Waals surface area contributed by atoms with Crippen LogP contribution in [-0.4, -0.2) is 84.1 Å². The van der Waals surface area contributed by atoms with Crippen LogP contribution >= 0.6 is 0 Å². The number of anilines is 1. The Bertz CT molecular complexity index is 466. The van der Waals surface area contributed by atoms with Crippen molar-refractivity contribution < 1.29 is 14.7 Å². The first-order valence-electron chi connectivity index (χ1n) is 6.52. The zero-order chi connectivity index (χ0) is 15.8. The molecule has 0 saturated heterocycles. The highest BCUT2D eigenvalue weighted by atomic mass is 16.4. The molecule has 1 aromatic rings. The Labute approximate surface area is 124 Å². The van der Waals surface area contributed by atoms with Gasteiger partial charge >= 0.3 is 5.97 Å². The molecular weight excluding hydrogens is 274 g/mol. The number of hydrogen-bond acceptors (Lipinski definition) is 6. The Balaban J connectivity index is 2.64. The molecule has 0 radical (unpaired) electrons. The number of nitrogens with zero attached hydrogens (tertiary/aromatic N) is 5. The van der Waals surface area contributed by atoms with E-state index in [2.05, 4.69) is 9.97 Å². The third-order valence-corrected chi connectivity index (χ3v) is 2.76. The molecule has 0 unspecified atom stereocenters. The number of rotatable bonds is 8. The van der Waals surface area contributed by atoms with Crippen molar-refractivity contribution in [2.24, 2.45) is 0 Å². The number of hydrogen-bond donors (Lipinski definition) is 1. The van der Waals surface area contributed by atoms with Crippen molar-refractivity contribution in [1.82, 2.24) is 19.8 Å². The van der Waals surface area contributed by atoms with Crippen LogP contribution in [0.25, 0.3) is 0 Å². The maximum Gasteiger partial charge on any atom is 0.323 e. The topological polar surface area (TPSA) is 89.9 Å². The van der Waals surface area contributed by atoms with Gasteiger partial charge in [-0.2, -0.15) is 0 Å². The van der Waals surface area contributed by atoms with Crippen molar-refractivity contribution in [3.63, 3.8) is 0 Å². The summed E-state index contributed by atoms with van der Waals surface area (Å²) >= 11 is 0. The Morgan fingerprint density at radius 1 is 1.10 bits per heavy atom. The van der Waals surface area contributed by atoms with Gasteiger partial charge in [0.25, 0.3) is 0 Å². The van der Waals surface area contributed by atoms with Crippen molar-refractivity contribution in [3.05, 3.63) is 18.5 Å². The van der Waals surface area contributed by atoms with Gasteiger partial charge in [0.1, 0.15) is 6.54 Å². The number of aliphatic carboxylic acids is 1. The molecule has 0 bridgehead atoms. The first-order valence-corrected chi connectivity index (χ1v) is 6.52. The second-order valence-corrected chi connectivity index (χ2v) is 4.92. The summed E-state index contributed by atoms with van der Waals surface area (Å²) in [6.45, 7) is 0.688. The summed E-state index contributed by atoms with van der Waals surface area (Å²) in [4.78, 5) is 36.0. The van der Waals surface area contributed by atoms with Crippen LogP contribution < -0.4 is 4.90 Å². The van der Waals surface area contributed by atoms with E-state index in [-0.39, 0.29) is 19.0 Å². The molecule has 0 aromatic carbocycles. The third-order valence-electron chi connectivity index (χ3n) is 2.76. The minimum Gasteiger partial charge on any atom is -0.480 e. The van der Waals surface area contributed by atoms with E-state index in [4.69, 9.17) is 5.11 Å². The molecule has 0 atom stereocenters. The highest BCUT2D eigenvalue weighted by Gasteiger charge is 2.19. The Kier molecular flexibility index (Phi) is 6.54. The zero-order valence-corrected chi connectivity index (χ0v) is 12.6. The van der Waals surface area contributed by atoms with Gasteiger partial charge in [-0.1, -0.05) is 0 Å². The molecule has 8 nitrogen and oxygen atoms in total. The predicted molar refractivity (Wildman–Crippen MR) is 78.1 cm³/mol. The molecule has 21 heavy (non-hydrogen) atoms. The van der Waals surface area contributed by atoms with Crippen LogP contribution in [0.4, 0.5) is 5.95 Å². The molecule has 1 N–H and O–H groups in total. The lowest BCUT2D eigenvalue weighted by molar-refractivity contribution is -0.144. The SMILES string of the molecule is CN(C)CCN(CC(=O)O)C(=O)CN(C)c1ncccn1. The second-order valence-electron chi connectivity index (χ2n) is 4.92. The fourth-order valence-corrected chi connectivity index (χ4v) is 1.64. The van der Waals surface area contributed by atoms with E-state index in [0.717, 1.165) is 0 Å². The molecule has 116 valence electrons. The number of aromatic nitrogens is 2. The van der Waals surface area contributed by atoms with Crippen LogP contribution in [-0.2, 0) is 9.59 Å². The first-order chi connectivity index (χ1) is 9.90. The van der Waals surface area contributed by atoms with Crippen molar-refractivity contribution in [1.29, 1.82) is 0 Å². The van der Waals surface area contributed by atoms with Crippen LogP contribution in [0.5, 0.6) is 0 Å². The van der Waals surface area contributed by atoms with Gasteiger partial charge < -0.3 is 19.8 Å². The molecule has 1 rings (SSSR count). The monoisotopic (exact) mass is 295 g/mol. The number of carboxylic acids is 1. The van der Waals surface area contributed by atoms with E-state index in [1.54, 1.807) is 30.4 Å². The lowest BCUT2D eigenvalue weighted by atomic mass is 10.4. The number of carbonyl (C=O) groups is 2. The first kappa shape index (κ1) is 16.8. The van der Waals surface area contributed by atoms with E-state index in [0.29, 0.717) is 19.0 Å². The third kappa shape index (κ3) is 6.17. The highest BCUT2D eigenvalue weighted by molar-refractivity contribution is 5.84. The number of carbonyl (C=O) groups excluding carboxylic acids is 1. The maximum atomic E-state index is 12.2. The maximum absolute atomic E-state index is 12.2. The molecule has 8 heteroatoms. The molecule has 0 aliphatic carbocycles. The van der Waals surface area contributed by atoms with Gasteiger partial charge in [-0.15, -0.1) is 0 Å². The van der Waals surface area contributed by atoms with Crippen molar-refractivity contribution in [2.75, 3.05) is 52.2 Å². The minimum absolute atomic E-state index is 0.0325. The van der Waals surface area contributed by atoms with Crippen LogP contribution in [0.1, 0.15) is 0 Å². The largest absolute Gasteiger partial charge is 0.480 e. The van der Waals surface area contributed by atoms with Gasteiger partial charge in [-0.3, -0.25) is 9.59 Å². The summed E-state index contributed by atoms with van der Waals surface area (Å²) in [5, 5.41) is 8.90. The summed E-state index contributed by atoms with van der Waals surface area (Å²) < 4.78 is 0. The van der Waals surface area contributed by atoms with Crippen LogP contribution in [0.2, 0.25) is 0 Å². The molecule has 0 spiro atoms. The van der Waals surface area contributed by atoms with E-state index in [1.807, 2.05) is 19.0 Å². The molecule has 0 aliphatic rings. The van der Waals surface area contributed by atoms with E-state index in [9.17, 15) is 9.59 Å².